The largest absolute Gasteiger partial charge is 0.438 e. The molecule has 1 fully saturated rings. The number of hydrogen-bond acceptors (Lipinski definition) is 4. The van der Waals surface area contributed by atoms with Gasteiger partial charge in [0.05, 0.1) is 6.54 Å². The minimum absolute atomic E-state index is 0.213. The lowest BCUT2D eigenvalue weighted by atomic mass is 9.99. The summed E-state index contributed by atoms with van der Waals surface area (Å²) in [5, 5.41) is 2.90. The Morgan fingerprint density at radius 1 is 0.854 bits per heavy atom. The standard InChI is InChI=1S/C34H33N3O4/c1-23-13-15-27(16-14-23)32(38)35-29-19-17-26(18-20-29)31-30(33(39)36(3)21-25-10-5-4-6-11-25)37(34(40)41-31)22-28-12-8-7-9-24(28)2/h4-20,30-31H,21-22H2,1-3H3,(H,35,38). The highest BCUT2D eigenvalue weighted by atomic mass is 16.6. The Kier molecular flexibility index (Phi) is 8.15. The second kappa shape index (κ2) is 12.1. The zero-order chi connectivity index (χ0) is 28.9. The number of cyclic esters (lactones) is 1. The van der Waals surface area contributed by atoms with Gasteiger partial charge in [0.1, 0.15) is 0 Å². The smallest absolute Gasteiger partial charge is 0.411 e. The Balaban J connectivity index is 1.40. The van der Waals surface area contributed by atoms with Gasteiger partial charge >= 0.3 is 6.09 Å². The number of nitrogens with one attached hydrogen (secondary N) is 1. The molecule has 1 N–H and O–H groups in total. The molecule has 2 unspecified atom stereocenters. The molecule has 7 nitrogen and oxygen atoms in total. The zero-order valence-corrected chi connectivity index (χ0v) is 23.4. The normalized spacial score (nSPS) is 16.3. The summed E-state index contributed by atoms with van der Waals surface area (Å²) in [6.07, 6.45) is -1.35. The van der Waals surface area contributed by atoms with Gasteiger partial charge in [-0.15, -0.1) is 0 Å². The molecule has 0 aliphatic carbocycles. The Morgan fingerprint density at radius 2 is 1.51 bits per heavy atom. The van der Waals surface area contributed by atoms with Gasteiger partial charge in [0.25, 0.3) is 5.91 Å². The van der Waals surface area contributed by atoms with Crippen molar-refractivity contribution in [3.63, 3.8) is 0 Å². The van der Waals surface area contributed by atoms with Crippen molar-refractivity contribution in [2.75, 3.05) is 12.4 Å². The average molecular weight is 548 g/mol. The number of aryl methyl sites for hydroxylation is 2. The molecule has 4 aromatic carbocycles. The molecule has 2 atom stereocenters. The molecule has 0 aromatic heterocycles. The summed E-state index contributed by atoms with van der Waals surface area (Å²) in [7, 11) is 1.74. The fraction of sp³-hybridized carbons (Fsp3) is 0.206. The summed E-state index contributed by atoms with van der Waals surface area (Å²) in [6, 6.07) is 31.1. The Bertz CT molecular complexity index is 1530. The van der Waals surface area contributed by atoms with Crippen LogP contribution >= 0.6 is 0 Å². The molecule has 3 amide bonds. The van der Waals surface area contributed by atoms with Crippen molar-refractivity contribution >= 4 is 23.6 Å². The van der Waals surface area contributed by atoms with Gasteiger partial charge < -0.3 is 15.0 Å². The number of anilines is 1. The third-order valence-corrected chi connectivity index (χ3v) is 7.39. The molecule has 7 heteroatoms. The first-order valence-electron chi connectivity index (χ1n) is 13.6. The van der Waals surface area contributed by atoms with E-state index in [0.29, 0.717) is 23.4 Å². The quantitative estimate of drug-likeness (QED) is 0.282. The van der Waals surface area contributed by atoms with Crippen molar-refractivity contribution in [2.45, 2.75) is 39.1 Å². The predicted octanol–water partition coefficient (Wildman–Crippen LogP) is 6.28. The van der Waals surface area contributed by atoms with Crippen molar-refractivity contribution in [1.29, 1.82) is 0 Å². The minimum atomic E-state index is -0.858. The van der Waals surface area contributed by atoms with Crippen LogP contribution in [-0.4, -0.2) is 40.8 Å². The van der Waals surface area contributed by atoms with E-state index in [4.69, 9.17) is 4.74 Å². The Labute approximate surface area is 240 Å². The highest BCUT2D eigenvalue weighted by molar-refractivity contribution is 6.04. The summed E-state index contributed by atoms with van der Waals surface area (Å²) < 4.78 is 5.86. The monoisotopic (exact) mass is 547 g/mol. The number of nitrogens with zero attached hydrogens (tertiary/aromatic N) is 2. The van der Waals surface area contributed by atoms with E-state index in [0.717, 1.165) is 22.3 Å². The summed E-state index contributed by atoms with van der Waals surface area (Å²) in [5.41, 5.74) is 5.87. The maximum absolute atomic E-state index is 14.0. The van der Waals surface area contributed by atoms with Crippen LogP contribution in [-0.2, 0) is 22.6 Å². The summed E-state index contributed by atoms with van der Waals surface area (Å²) in [6.45, 7) is 4.60. The van der Waals surface area contributed by atoms with Crippen LogP contribution in [0.4, 0.5) is 10.5 Å². The molecule has 1 aliphatic rings. The summed E-state index contributed by atoms with van der Waals surface area (Å²) in [5.74, 6) is -0.430. The third-order valence-electron chi connectivity index (χ3n) is 7.39. The van der Waals surface area contributed by atoms with E-state index < -0.39 is 18.2 Å². The SMILES string of the molecule is Cc1ccc(C(=O)Nc2ccc(C3OC(=O)N(Cc4ccccc4C)C3C(=O)N(C)Cc3ccccc3)cc2)cc1. The first-order chi connectivity index (χ1) is 19.8. The maximum Gasteiger partial charge on any atom is 0.411 e. The Hall–Kier alpha value is -4.91. The van der Waals surface area contributed by atoms with Gasteiger partial charge in [-0.1, -0.05) is 84.4 Å². The van der Waals surface area contributed by atoms with E-state index in [1.54, 1.807) is 48.3 Å². The van der Waals surface area contributed by atoms with Crippen LogP contribution in [0.15, 0.2) is 103 Å². The van der Waals surface area contributed by atoms with E-state index in [1.807, 2.05) is 80.6 Å². The molecule has 41 heavy (non-hydrogen) atoms. The number of benzene rings is 4. The zero-order valence-electron chi connectivity index (χ0n) is 23.4. The number of carbonyl (C=O) groups is 3. The molecule has 0 saturated carbocycles. The first kappa shape index (κ1) is 27.6. The van der Waals surface area contributed by atoms with Gasteiger partial charge in [-0.2, -0.15) is 0 Å². The van der Waals surface area contributed by atoms with Crippen LogP contribution in [0.1, 0.15) is 44.3 Å². The topological polar surface area (TPSA) is 79.0 Å². The summed E-state index contributed by atoms with van der Waals surface area (Å²) >= 11 is 0. The van der Waals surface area contributed by atoms with E-state index in [9.17, 15) is 14.4 Å². The summed E-state index contributed by atoms with van der Waals surface area (Å²) in [4.78, 5) is 43.0. The van der Waals surface area contributed by atoms with Crippen molar-refractivity contribution in [2.24, 2.45) is 0 Å². The van der Waals surface area contributed by atoms with Gasteiger partial charge in [0.15, 0.2) is 12.1 Å². The van der Waals surface area contributed by atoms with E-state index >= 15 is 0 Å². The van der Waals surface area contributed by atoms with Gasteiger partial charge in [0, 0.05) is 24.8 Å². The first-order valence-corrected chi connectivity index (χ1v) is 13.6. The molecular weight excluding hydrogens is 514 g/mol. The number of amides is 3. The van der Waals surface area contributed by atoms with Crippen LogP contribution < -0.4 is 5.32 Å². The average Bonchev–Trinajstić information content (AvgIpc) is 3.30. The number of rotatable bonds is 8. The lowest BCUT2D eigenvalue weighted by Gasteiger charge is -2.29. The minimum Gasteiger partial charge on any atom is -0.438 e. The molecule has 0 spiro atoms. The molecule has 4 aromatic rings. The van der Waals surface area contributed by atoms with Gasteiger partial charge in [0.2, 0.25) is 5.91 Å². The van der Waals surface area contributed by atoms with Crippen molar-refractivity contribution in [3.05, 3.63) is 137 Å². The van der Waals surface area contributed by atoms with Crippen LogP contribution in [0.3, 0.4) is 0 Å². The maximum atomic E-state index is 14.0. The molecule has 1 aliphatic heterocycles. The molecule has 5 rings (SSSR count). The lowest BCUT2D eigenvalue weighted by molar-refractivity contribution is -0.136. The highest BCUT2D eigenvalue weighted by Crippen LogP contribution is 2.36. The molecule has 1 saturated heterocycles. The molecule has 0 radical (unpaired) electrons. The van der Waals surface area contributed by atoms with Gasteiger partial charge in [-0.3, -0.25) is 14.5 Å². The fourth-order valence-electron chi connectivity index (χ4n) is 4.99. The lowest BCUT2D eigenvalue weighted by Crippen LogP contribution is -2.46. The highest BCUT2D eigenvalue weighted by Gasteiger charge is 2.48. The molecule has 1 heterocycles. The fourth-order valence-corrected chi connectivity index (χ4v) is 4.99. The molecular formula is C34H33N3O4. The van der Waals surface area contributed by atoms with Crippen LogP contribution in [0.2, 0.25) is 0 Å². The Morgan fingerprint density at radius 3 is 2.20 bits per heavy atom. The van der Waals surface area contributed by atoms with E-state index in [2.05, 4.69) is 5.32 Å². The predicted molar refractivity (Wildman–Crippen MR) is 158 cm³/mol. The third kappa shape index (κ3) is 6.30. The van der Waals surface area contributed by atoms with E-state index in [1.165, 1.54) is 4.90 Å². The second-order valence-electron chi connectivity index (χ2n) is 10.4. The second-order valence-corrected chi connectivity index (χ2v) is 10.4. The van der Waals surface area contributed by atoms with Crippen molar-refractivity contribution in [1.82, 2.24) is 9.80 Å². The number of hydrogen-bond donors (Lipinski definition) is 1. The van der Waals surface area contributed by atoms with Crippen LogP contribution in [0.5, 0.6) is 0 Å². The van der Waals surface area contributed by atoms with E-state index in [-0.39, 0.29) is 18.4 Å². The number of carbonyl (C=O) groups excluding carboxylic acids is 3. The van der Waals surface area contributed by atoms with Crippen molar-refractivity contribution < 1.29 is 19.1 Å². The number of likely N-dealkylation sites (N-methyl/N-ethyl adjacent to an activating group) is 1. The van der Waals surface area contributed by atoms with Gasteiger partial charge in [-0.05, 0) is 60.4 Å². The van der Waals surface area contributed by atoms with Crippen LogP contribution in [0, 0.1) is 13.8 Å². The molecule has 208 valence electrons. The van der Waals surface area contributed by atoms with Crippen molar-refractivity contribution in [3.8, 4) is 0 Å². The van der Waals surface area contributed by atoms with Crippen LogP contribution in [0.25, 0.3) is 0 Å². The van der Waals surface area contributed by atoms with Gasteiger partial charge in [-0.25, -0.2) is 4.79 Å². The number of ether oxygens (including phenoxy) is 1. The molecule has 0 bridgehead atoms.